The first-order chi connectivity index (χ1) is 31.9. The van der Waals surface area contributed by atoms with Crippen molar-refractivity contribution in [2.75, 3.05) is 9.80 Å². The molecule has 66 heavy (non-hydrogen) atoms. The van der Waals surface area contributed by atoms with Crippen molar-refractivity contribution in [3.05, 3.63) is 226 Å². The summed E-state index contributed by atoms with van der Waals surface area (Å²) in [6.07, 6.45) is 17.0. The highest BCUT2D eigenvalue weighted by atomic mass is 15.2. The van der Waals surface area contributed by atoms with E-state index in [2.05, 4.69) is 241 Å². The highest BCUT2D eigenvalue weighted by Crippen LogP contribution is 2.61. The SMILES string of the molecule is CC1=CCC(N(c2ccc(C3=CC=CCC3)cc2)c2cc(C)c3c(c2)C(C)(C)c2c-3ccc3c2C(C)(C)c2cc(N(c4ccc(C)cc4)c4ccc(-c5ccccc5)cc4)cc(C)c2-3)C=C1. The second-order valence-electron chi connectivity index (χ2n) is 20.3. The molecule has 7 aromatic rings. The van der Waals surface area contributed by atoms with Crippen LogP contribution in [0.2, 0.25) is 0 Å². The van der Waals surface area contributed by atoms with E-state index in [1.165, 1.54) is 106 Å². The molecule has 0 saturated heterocycles. The summed E-state index contributed by atoms with van der Waals surface area (Å²) < 4.78 is 0. The van der Waals surface area contributed by atoms with Crippen molar-refractivity contribution in [2.45, 2.75) is 91.5 Å². The molecule has 0 aromatic heterocycles. The quantitative estimate of drug-likeness (QED) is 0.150. The van der Waals surface area contributed by atoms with Crippen LogP contribution in [0, 0.1) is 20.8 Å². The van der Waals surface area contributed by atoms with Crippen molar-refractivity contribution >= 4 is 34.0 Å². The Labute approximate surface area is 393 Å². The summed E-state index contributed by atoms with van der Waals surface area (Å²) in [6, 6.07) is 53.1. The zero-order valence-electron chi connectivity index (χ0n) is 39.8. The van der Waals surface area contributed by atoms with Gasteiger partial charge in [-0.05, 0) is 186 Å². The maximum Gasteiger partial charge on any atom is 0.0560 e. The van der Waals surface area contributed by atoms with E-state index < -0.39 is 0 Å². The number of anilines is 5. The zero-order chi connectivity index (χ0) is 45.5. The van der Waals surface area contributed by atoms with Crippen LogP contribution in [0.3, 0.4) is 0 Å². The second-order valence-corrected chi connectivity index (χ2v) is 20.3. The first kappa shape index (κ1) is 41.8. The van der Waals surface area contributed by atoms with Crippen LogP contribution in [0.1, 0.15) is 98.4 Å². The molecule has 0 aliphatic heterocycles. The van der Waals surface area contributed by atoms with Gasteiger partial charge in [0.25, 0.3) is 0 Å². The normalized spacial score (nSPS) is 17.1. The molecular weight excluding hydrogens is 797 g/mol. The fraction of sp³-hybridized carbons (Fsp3) is 0.219. The molecule has 0 radical (unpaired) electrons. The van der Waals surface area contributed by atoms with E-state index in [4.69, 9.17) is 0 Å². The molecule has 4 aliphatic rings. The average molecular weight is 857 g/mol. The monoisotopic (exact) mass is 856 g/mol. The van der Waals surface area contributed by atoms with Crippen LogP contribution in [0.25, 0.3) is 39.0 Å². The number of hydrogen-bond acceptors (Lipinski definition) is 2. The fourth-order valence-corrected chi connectivity index (χ4v) is 11.8. The molecule has 1 unspecified atom stereocenters. The summed E-state index contributed by atoms with van der Waals surface area (Å²) in [5.74, 6) is 0. The maximum absolute atomic E-state index is 2.59. The van der Waals surface area contributed by atoms with Crippen molar-refractivity contribution < 1.29 is 0 Å². The Morgan fingerprint density at radius 2 is 1.08 bits per heavy atom. The number of hydrogen-bond donors (Lipinski definition) is 0. The molecule has 0 fully saturated rings. The summed E-state index contributed by atoms with van der Waals surface area (Å²) in [6.45, 7) is 18.9. The Bertz CT molecular complexity index is 3170. The number of aryl methyl sites for hydroxylation is 3. The Balaban J connectivity index is 1.00. The summed E-state index contributed by atoms with van der Waals surface area (Å²) >= 11 is 0. The summed E-state index contributed by atoms with van der Waals surface area (Å²) in [4.78, 5) is 5.03. The minimum atomic E-state index is -0.239. The molecule has 11 rings (SSSR count). The molecule has 0 bridgehead atoms. The van der Waals surface area contributed by atoms with Crippen LogP contribution in [0.15, 0.2) is 182 Å². The van der Waals surface area contributed by atoms with E-state index in [0.29, 0.717) is 0 Å². The topological polar surface area (TPSA) is 6.48 Å². The summed E-state index contributed by atoms with van der Waals surface area (Å²) in [5, 5.41) is 0. The van der Waals surface area contributed by atoms with Crippen molar-refractivity contribution in [1.29, 1.82) is 0 Å². The predicted molar refractivity (Wildman–Crippen MR) is 282 cm³/mol. The van der Waals surface area contributed by atoms with Crippen LogP contribution in [-0.4, -0.2) is 6.04 Å². The zero-order valence-corrected chi connectivity index (χ0v) is 39.8. The van der Waals surface area contributed by atoms with Crippen molar-refractivity contribution in [2.24, 2.45) is 0 Å². The van der Waals surface area contributed by atoms with Gasteiger partial charge in [-0.25, -0.2) is 0 Å². The van der Waals surface area contributed by atoms with Gasteiger partial charge in [0, 0.05) is 39.3 Å². The van der Waals surface area contributed by atoms with Gasteiger partial charge in [0.2, 0.25) is 0 Å². The molecule has 4 aliphatic carbocycles. The minimum Gasteiger partial charge on any atom is -0.334 e. The number of benzene rings is 7. The third-order valence-electron chi connectivity index (χ3n) is 15.2. The highest BCUT2D eigenvalue weighted by Gasteiger charge is 2.47. The Hall–Kier alpha value is -6.90. The molecule has 0 amide bonds. The molecule has 326 valence electrons. The van der Waals surface area contributed by atoms with E-state index >= 15 is 0 Å². The van der Waals surface area contributed by atoms with E-state index in [-0.39, 0.29) is 16.9 Å². The third-order valence-corrected chi connectivity index (χ3v) is 15.2. The lowest BCUT2D eigenvalue weighted by molar-refractivity contribution is 0.601. The van der Waals surface area contributed by atoms with Gasteiger partial charge in [0.15, 0.2) is 0 Å². The van der Waals surface area contributed by atoms with Gasteiger partial charge in [-0.15, -0.1) is 0 Å². The van der Waals surface area contributed by atoms with Gasteiger partial charge in [-0.2, -0.15) is 0 Å². The van der Waals surface area contributed by atoms with Crippen LogP contribution >= 0.6 is 0 Å². The number of fused-ring (bicyclic) bond motifs is 7. The molecule has 1 atom stereocenters. The first-order valence-corrected chi connectivity index (χ1v) is 24.0. The fourth-order valence-electron chi connectivity index (χ4n) is 11.8. The summed E-state index contributed by atoms with van der Waals surface area (Å²) in [7, 11) is 0. The Kier molecular flexibility index (Phi) is 10.1. The third kappa shape index (κ3) is 6.84. The van der Waals surface area contributed by atoms with Gasteiger partial charge in [0.1, 0.15) is 0 Å². The lowest BCUT2D eigenvalue weighted by Crippen LogP contribution is -2.30. The molecule has 2 heteroatoms. The van der Waals surface area contributed by atoms with E-state index in [1.54, 1.807) is 0 Å². The smallest absolute Gasteiger partial charge is 0.0560 e. The lowest BCUT2D eigenvalue weighted by atomic mass is 9.72. The minimum absolute atomic E-state index is 0.219. The van der Waals surface area contributed by atoms with Gasteiger partial charge >= 0.3 is 0 Å². The molecule has 0 saturated carbocycles. The standard InChI is InChI=1S/C64H60N2/c1-41-19-27-49(28-20-41)65(51-31-23-47(24-32-51)45-15-11-9-12-16-45)53-37-43(3)59-55-35-36-56-60-44(4)38-54(40-58(60)64(7,8)62(56)61(55)63(5,6)57(59)39-53)66(50-29-21-42(2)22-30-50)52-33-25-48(26-34-52)46-17-13-10-14-18-46/h9-13,15-17,19-29,31-40,50H,14,18,30H2,1-8H3. The highest BCUT2D eigenvalue weighted by molar-refractivity contribution is 5.95. The maximum atomic E-state index is 2.59. The molecular formula is C64H60N2. The van der Waals surface area contributed by atoms with E-state index in [1.807, 2.05) is 0 Å². The van der Waals surface area contributed by atoms with Crippen LogP contribution in [0.4, 0.5) is 28.4 Å². The molecule has 7 aromatic carbocycles. The largest absolute Gasteiger partial charge is 0.334 e. The van der Waals surface area contributed by atoms with Crippen molar-refractivity contribution in [3.8, 4) is 33.4 Å². The van der Waals surface area contributed by atoms with Gasteiger partial charge < -0.3 is 9.80 Å². The van der Waals surface area contributed by atoms with Crippen molar-refractivity contribution in [3.63, 3.8) is 0 Å². The van der Waals surface area contributed by atoms with E-state index in [9.17, 15) is 0 Å². The Morgan fingerprint density at radius 1 is 0.530 bits per heavy atom. The number of allylic oxidation sites excluding steroid dienone is 6. The first-order valence-electron chi connectivity index (χ1n) is 24.0. The average Bonchev–Trinajstić information content (AvgIpc) is 3.71. The summed E-state index contributed by atoms with van der Waals surface area (Å²) in [5.41, 5.74) is 27.2. The molecule has 0 N–H and O–H groups in total. The second kappa shape index (κ2) is 15.9. The van der Waals surface area contributed by atoms with E-state index in [0.717, 1.165) is 30.6 Å². The lowest BCUT2D eigenvalue weighted by Gasteiger charge is -2.35. The van der Waals surface area contributed by atoms with Crippen LogP contribution < -0.4 is 9.80 Å². The van der Waals surface area contributed by atoms with Gasteiger partial charge in [-0.3, -0.25) is 0 Å². The van der Waals surface area contributed by atoms with Crippen molar-refractivity contribution in [1.82, 2.24) is 0 Å². The molecule has 0 heterocycles. The molecule has 0 spiro atoms. The van der Waals surface area contributed by atoms with Crippen LogP contribution in [-0.2, 0) is 10.8 Å². The predicted octanol–water partition coefficient (Wildman–Crippen LogP) is 17.5. The van der Waals surface area contributed by atoms with Crippen LogP contribution in [0.5, 0.6) is 0 Å². The molecule has 2 nitrogen and oxygen atoms in total. The number of nitrogens with zero attached hydrogens (tertiary/aromatic N) is 2. The van der Waals surface area contributed by atoms with Gasteiger partial charge in [-0.1, -0.05) is 154 Å². The number of rotatable bonds is 8. The Morgan fingerprint density at radius 3 is 1.65 bits per heavy atom. The van der Waals surface area contributed by atoms with Gasteiger partial charge in [0.05, 0.1) is 6.04 Å².